The van der Waals surface area contributed by atoms with Crippen molar-refractivity contribution in [2.24, 2.45) is 0 Å². The largest absolute Gasteiger partial charge is 0.477 e. The molecular formula is C12H8ClF2NO2S. The molecule has 0 unspecified atom stereocenters. The Bertz CT molecular complexity index is 607. The Morgan fingerprint density at radius 1 is 1.42 bits per heavy atom. The second-order valence-electron chi connectivity index (χ2n) is 3.68. The van der Waals surface area contributed by atoms with E-state index in [0.29, 0.717) is 11.6 Å². The summed E-state index contributed by atoms with van der Waals surface area (Å²) >= 11 is 6.80. The van der Waals surface area contributed by atoms with Crippen molar-refractivity contribution in [3.63, 3.8) is 0 Å². The van der Waals surface area contributed by atoms with E-state index >= 15 is 0 Å². The van der Waals surface area contributed by atoms with Crippen LogP contribution in [0.3, 0.4) is 0 Å². The molecule has 0 bridgehead atoms. The third-order valence-corrected chi connectivity index (χ3v) is 3.65. The normalized spacial score (nSPS) is 10.5. The third-order valence-electron chi connectivity index (χ3n) is 2.40. The summed E-state index contributed by atoms with van der Waals surface area (Å²) in [5.41, 5.74) is 0.461. The smallest absolute Gasteiger partial charge is 0.346 e. The molecule has 1 heterocycles. The van der Waals surface area contributed by atoms with E-state index in [1.165, 1.54) is 0 Å². The van der Waals surface area contributed by atoms with Gasteiger partial charge in [0.1, 0.15) is 10.7 Å². The van der Waals surface area contributed by atoms with Gasteiger partial charge in [-0.15, -0.1) is 11.3 Å². The maximum absolute atomic E-state index is 13.5. The molecule has 0 amide bonds. The molecule has 2 rings (SSSR count). The fraction of sp³-hybridized carbons (Fsp3) is 0.0833. The molecule has 3 nitrogen and oxygen atoms in total. The molecule has 0 radical (unpaired) electrons. The number of thiophene rings is 1. The molecule has 0 saturated carbocycles. The van der Waals surface area contributed by atoms with Crippen LogP contribution >= 0.6 is 22.9 Å². The first kappa shape index (κ1) is 13.8. The van der Waals surface area contributed by atoms with Crippen molar-refractivity contribution in [1.82, 2.24) is 0 Å². The summed E-state index contributed by atoms with van der Waals surface area (Å²) in [6.45, 7) is 0.0907. The van der Waals surface area contributed by atoms with E-state index in [2.05, 4.69) is 5.32 Å². The van der Waals surface area contributed by atoms with Gasteiger partial charge in [-0.3, -0.25) is 0 Å². The van der Waals surface area contributed by atoms with Gasteiger partial charge in [0.2, 0.25) is 0 Å². The van der Waals surface area contributed by atoms with E-state index in [0.717, 1.165) is 17.4 Å². The highest BCUT2D eigenvalue weighted by atomic mass is 35.5. The van der Waals surface area contributed by atoms with Crippen molar-refractivity contribution in [2.75, 3.05) is 5.32 Å². The Morgan fingerprint density at radius 3 is 2.79 bits per heavy atom. The molecule has 1 aromatic heterocycles. The summed E-state index contributed by atoms with van der Waals surface area (Å²) in [6, 6.07) is 3.31. The second-order valence-corrected chi connectivity index (χ2v) is 5.00. The molecule has 1 aromatic carbocycles. The quantitative estimate of drug-likeness (QED) is 0.898. The summed E-state index contributed by atoms with van der Waals surface area (Å²) in [4.78, 5) is 11.1. The van der Waals surface area contributed by atoms with Gasteiger partial charge in [0.25, 0.3) is 0 Å². The molecule has 0 atom stereocenters. The van der Waals surface area contributed by atoms with Crippen LogP contribution in [0.2, 0.25) is 5.02 Å². The number of rotatable bonds is 4. The van der Waals surface area contributed by atoms with Gasteiger partial charge < -0.3 is 10.4 Å². The summed E-state index contributed by atoms with van der Waals surface area (Å²) in [7, 11) is 0. The van der Waals surface area contributed by atoms with Gasteiger partial charge in [-0.2, -0.15) is 0 Å². The molecule has 0 saturated heterocycles. The molecular weight excluding hydrogens is 296 g/mol. The van der Waals surface area contributed by atoms with E-state index < -0.39 is 17.6 Å². The molecule has 100 valence electrons. The van der Waals surface area contributed by atoms with Crippen LogP contribution < -0.4 is 5.32 Å². The Morgan fingerprint density at radius 2 is 2.16 bits per heavy atom. The lowest BCUT2D eigenvalue weighted by Crippen LogP contribution is -2.06. The first-order valence-electron chi connectivity index (χ1n) is 5.17. The van der Waals surface area contributed by atoms with Gasteiger partial charge in [0.05, 0.1) is 10.7 Å². The first-order chi connectivity index (χ1) is 8.99. The van der Waals surface area contributed by atoms with Crippen molar-refractivity contribution in [3.05, 3.63) is 50.7 Å². The molecule has 0 spiro atoms. The number of carboxylic acids is 1. The van der Waals surface area contributed by atoms with Gasteiger partial charge in [-0.1, -0.05) is 11.6 Å². The summed E-state index contributed by atoms with van der Waals surface area (Å²) in [6.07, 6.45) is 0. The van der Waals surface area contributed by atoms with Crippen LogP contribution in [0.1, 0.15) is 15.2 Å². The highest BCUT2D eigenvalue weighted by Crippen LogP contribution is 2.27. The molecule has 2 N–H and O–H groups in total. The summed E-state index contributed by atoms with van der Waals surface area (Å²) < 4.78 is 26.4. The van der Waals surface area contributed by atoms with Crippen molar-refractivity contribution in [1.29, 1.82) is 0 Å². The minimum absolute atomic E-state index is 0.0504. The zero-order valence-corrected chi connectivity index (χ0v) is 11.0. The Labute approximate surface area is 116 Å². The number of carboxylic acid groups (broad SMARTS) is 1. The maximum atomic E-state index is 13.5. The van der Waals surface area contributed by atoms with E-state index in [1.807, 2.05) is 0 Å². The predicted molar refractivity (Wildman–Crippen MR) is 70.0 cm³/mol. The molecule has 0 aliphatic heterocycles. The first-order valence-corrected chi connectivity index (χ1v) is 6.43. The molecule has 0 fully saturated rings. The highest BCUT2D eigenvalue weighted by Gasteiger charge is 2.14. The number of carbonyl (C=O) groups is 1. The zero-order valence-electron chi connectivity index (χ0n) is 9.41. The van der Waals surface area contributed by atoms with Gasteiger partial charge in [0, 0.05) is 12.6 Å². The van der Waals surface area contributed by atoms with Crippen LogP contribution in [0.4, 0.5) is 14.5 Å². The van der Waals surface area contributed by atoms with E-state index in [-0.39, 0.29) is 22.1 Å². The maximum Gasteiger partial charge on any atom is 0.346 e. The van der Waals surface area contributed by atoms with Crippen LogP contribution in [-0.2, 0) is 6.54 Å². The molecule has 0 aliphatic rings. The summed E-state index contributed by atoms with van der Waals surface area (Å²) in [5, 5.41) is 13.1. The number of nitrogens with one attached hydrogen (secondary N) is 1. The van der Waals surface area contributed by atoms with E-state index in [4.69, 9.17) is 16.7 Å². The van der Waals surface area contributed by atoms with Crippen LogP contribution in [-0.4, -0.2) is 11.1 Å². The van der Waals surface area contributed by atoms with Gasteiger partial charge >= 0.3 is 5.97 Å². The van der Waals surface area contributed by atoms with Crippen molar-refractivity contribution in [2.45, 2.75) is 6.54 Å². The van der Waals surface area contributed by atoms with Crippen LogP contribution in [0, 0.1) is 11.6 Å². The Hall–Kier alpha value is -1.66. The minimum Gasteiger partial charge on any atom is -0.477 e. The predicted octanol–water partition coefficient (Wildman–Crippen LogP) is 3.99. The number of halogens is 3. The van der Waals surface area contributed by atoms with E-state index in [1.54, 1.807) is 11.4 Å². The molecule has 7 heteroatoms. The van der Waals surface area contributed by atoms with Gasteiger partial charge in [-0.05, 0) is 23.1 Å². The Balaban J connectivity index is 2.19. The lowest BCUT2D eigenvalue weighted by Gasteiger charge is -2.09. The molecule has 19 heavy (non-hydrogen) atoms. The minimum atomic E-state index is -1.04. The van der Waals surface area contributed by atoms with Crippen molar-refractivity contribution in [3.8, 4) is 0 Å². The van der Waals surface area contributed by atoms with Gasteiger partial charge in [-0.25, -0.2) is 13.6 Å². The SMILES string of the molecule is O=C(O)c1sccc1CNc1c(F)cc(F)cc1Cl. The van der Waals surface area contributed by atoms with E-state index in [9.17, 15) is 13.6 Å². The molecule has 0 aliphatic carbocycles. The average Bonchev–Trinajstić information content (AvgIpc) is 2.75. The third kappa shape index (κ3) is 3.02. The van der Waals surface area contributed by atoms with Gasteiger partial charge in [0.15, 0.2) is 5.82 Å². The average molecular weight is 304 g/mol. The van der Waals surface area contributed by atoms with Crippen LogP contribution in [0.25, 0.3) is 0 Å². The number of hydrogen-bond donors (Lipinski definition) is 2. The summed E-state index contributed by atoms with van der Waals surface area (Å²) in [5.74, 6) is -2.63. The highest BCUT2D eigenvalue weighted by molar-refractivity contribution is 7.12. The second kappa shape index (κ2) is 5.54. The van der Waals surface area contributed by atoms with Crippen molar-refractivity contribution >= 4 is 34.6 Å². The van der Waals surface area contributed by atoms with Crippen LogP contribution in [0.15, 0.2) is 23.6 Å². The van der Waals surface area contributed by atoms with Crippen LogP contribution in [0.5, 0.6) is 0 Å². The topological polar surface area (TPSA) is 49.3 Å². The lowest BCUT2D eigenvalue weighted by atomic mass is 10.2. The standard InChI is InChI=1S/C12H8ClF2NO2S/c13-8-3-7(14)4-9(15)10(8)16-5-6-1-2-19-11(6)12(17)18/h1-4,16H,5H2,(H,17,18). The fourth-order valence-corrected chi connectivity index (χ4v) is 2.58. The fourth-order valence-electron chi connectivity index (χ4n) is 1.56. The van der Waals surface area contributed by atoms with Crippen molar-refractivity contribution < 1.29 is 18.7 Å². The number of benzene rings is 1. The molecule has 2 aromatic rings. The number of aromatic carboxylic acids is 1. The monoisotopic (exact) mass is 303 g/mol. The zero-order chi connectivity index (χ0) is 14.0. The number of hydrogen-bond acceptors (Lipinski definition) is 3. The lowest BCUT2D eigenvalue weighted by molar-refractivity contribution is 0.0701. The Kier molecular flexibility index (Phi) is 4.01. The number of anilines is 1.